The summed E-state index contributed by atoms with van der Waals surface area (Å²) in [7, 11) is 0. The van der Waals surface area contributed by atoms with Crippen LogP contribution >= 0.6 is 0 Å². The summed E-state index contributed by atoms with van der Waals surface area (Å²) in [4.78, 5) is 0. The Labute approximate surface area is 79.7 Å². The Kier molecular flexibility index (Phi) is 2.89. The second kappa shape index (κ2) is 3.75. The third-order valence-electron chi connectivity index (χ3n) is 2.04. The quantitative estimate of drug-likeness (QED) is 0.702. The SMILES string of the molecule is C=CCc1ccc(C(C)(C)O)cc1. The zero-order chi connectivity index (χ0) is 9.90. The van der Waals surface area contributed by atoms with Crippen LogP contribution in [0.25, 0.3) is 0 Å². The van der Waals surface area contributed by atoms with Crippen LogP contribution in [-0.4, -0.2) is 5.11 Å². The molecule has 0 fully saturated rings. The van der Waals surface area contributed by atoms with Gasteiger partial charge >= 0.3 is 0 Å². The molecule has 0 aliphatic carbocycles. The van der Waals surface area contributed by atoms with E-state index in [0.29, 0.717) is 0 Å². The van der Waals surface area contributed by atoms with Crippen LogP contribution in [0.2, 0.25) is 0 Å². The maximum Gasteiger partial charge on any atom is 0.0840 e. The van der Waals surface area contributed by atoms with Crippen molar-refractivity contribution >= 4 is 0 Å². The number of hydrogen-bond acceptors (Lipinski definition) is 1. The molecule has 0 aliphatic heterocycles. The van der Waals surface area contributed by atoms with Crippen LogP contribution in [-0.2, 0) is 12.0 Å². The zero-order valence-electron chi connectivity index (χ0n) is 8.25. The molecule has 0 amide bonds. The lowest BCUT2D eigenvalue weighted by Gasteiger charge is -2.17. The molecule has 0 unspecified atom stereocenters. The Balaban J connectivity index is 2.87. The minimum atomic E-state index is -0.743. The van der Waals surface area contributed by atoms with Gasteiger partial charge in [-0.2, -0.15) is 0 Å². The van der Waals surface area contributed by atoms with E-state index in [-0.39, 0.29) is 0 Å². The highest BCUT2D eigenvalue weighted by atomic mass is 16.3. The van der Waals surface area contributed by atoms with E-state index in [1.54, 1.807) is 13.8 Å². The van der Waals surface area contributed by atoms with Gasteiger partial charge in [0, 0.05) is 0 Å². The van der Waals surface area contributed by atoms with E-state index in [2.05, 4.69) is 6.58 Å². The molecule has 0 aromatic heterocycles. The van der Waals surface area contributed by atoms with Crippen molar-refractivity contribution < 1.29 is 5.11 Å². The van der Waals surface area contributed by atoms with Gasteiger partial charge in [-0.15, -0.1) is 6.58 Å². The van der Waals surface area contributed by atoms with Crippen LogP contribution in [0.4, 0.5) is 0 Å². The normalized spacial score (nSPS) is 11.3. The van der Waals surface area contributed by atoms with Crippen LogP contribution < -0.4 is 0 Å². The standard InChI is InChI=1S/C12H16O/c1-4-5-10-6-8-11(9-7-10)12(2,3)13/h4,6-9,13H,1,5H2,2-3H3. The average molecular weight is 176 g/mol. The second-order valence-electron chi connectivity index (χ2n) is 3.75. The maximum atomic E-state index is 9.69. The summed E-state index contributed by atoms with van der Waals surface area (Å²) in [5.74, 6) is 0. The number of hydrogen-bond donors (Lipinski definition) is 1. The fourth-order valence-corrected chi connectivity index (χ4v) is 1.22. The first-order valence-electron chi connectivity index (χ1n) is 4.47. The molecule has 1 rings (SSSR count). The van der Waals surface area contributed by atoms with E-state index >= 15 is 0 Å². The van der Waals surface area contributed by atoms with Crippen molar-refractivity contribution in [2.45, 2.75) is 25.9 Å². The fraction of sp³-hybridized carbons (Fsp3) is 0.333. The van der Waals surface area contributed by atoms with Crippen LogP contribution in [0.15, 0.2) is 36.9 Å². The van der Waals surface area contributed by atoms with Crippen LogP contribution in [0.5, 0.6) is 0 Å². The number of benzene rings is 1. The molecule has 1 aromatic rings. The summed E-state index contributed by atoms with van der Waals surface area (Å²) in [6.07, 6.45) is 2.76. The minimum Gasteiger partial charge on any atom is -0.386 e. The third-order valence-corrected chi connectivity index (χ3v) is 2.04. The van der Waals surface area contributed by atoms with Crippen molar-refractivity contribution in [2.24, 2.45) is 0 Å². The summed E-state index contributed by atoms with van der Waals surface area (Å²) in [6.45, 7) is 7.25. The van der Waals surface area contributed by atoms with Gasteiger partial charge in [0.25, 0.3) is 0 Å². The summed E-state index contributed by atoms with van der Waals surface area (Å²) >= 11 is 0. The van der Waals surface area contributed by atoms with Crippen molar-refractivity contribution in [3.8, 4) is 0 Å². The molecule has 1 heteroatoms. The number of allylic oxidation sites excluding steroid dienone is 1. The predicted octanol–water partition coefficient (Wildman–Crippen LogP) is 2.64. The third kappa shape index (κ3) is 2.71. The minimum absolute atomic E-state index is 0.743. The van der Waals surface area contributed by atoms with Crippen molar-refractivity contribution in [3.63, 3.8) is 0 Å². The Hall–Kier alpha value is -1.08. The number of rotatable bonds is 3. The Morgan fingerprint density at radius 3 is 2.23 bits per heavy atom. The van der Waals surface area contributed by atoms with Crippen LogP contribution in [0.3, 0.4) is 0 Å². The molecule has 0 aliphatic rings. The van der Waals surface area contributed by atoms with Crippen molar-refractivity contribution in [1.82, 2.24) is 0 Å². The van der Waals surface area contributed by atoms with Crippen molar-refractivity contribution in [2.75, 3.05) is 0 Å². The molecule has 1 N–H and O–H groups in total. The van der Waals surface area contributed by atoms with Crippen molar-refractivity contribution in [3.05, 3.63) is 48.0 Å². The molecular formula is C12H16O. The Bertz CT molecular complexity index is 277. The van der Waals surface area contributed by atoms with Gasteiger partial charge in [-0.25, -0.2) is 0 Å². The Morgan fingerprint density at radius 2 is 1.85 bits per heavy atom. The van der Waals surface area contributed by atoms with Crippen LogP contribution in [0.1, 0.15) is 25.0 Å². The molecule has 0 atom stereocenters. The first-order valence-corrected chi connectivity index (χ1v) is 4.47. The van der Waals surface area contributed by atoms with Gasteiger partial charge in [0.05, 0.1) is 5.60 Å². The molecule has 1 aromatic carbocycles. The molecule has 13 heavy (non-hydrogen) atoms. The van der Waals surface area contributed by atoms with E-state index in [4.69, 9.17) is 0 Å². The molecule has 0 saturated carbocycles. The largest absolute Gasteiger partial charge is 0.386 e. The molecule has 1 nitrogen and oxygen atoms in total. The highest BCUT2D eigenvalue weighted by Gasteiger charge is 2.14. The van der Waals surface area contributed by atoms with Gasteiger partial charge in [0.1, 0.15) is 0 Å². The van der Waals surface area contributed by atoms with Gasteiger partial charge in [-0.05, 0) is 31.4 Å². The molecule has 70 valence electrons. The van der Waals surface area contributed by atoms with E-state index in [1.165, 1.54) is 5.56 Å². The fourth-order valence-electron chi connectivity index (χ4n) is 1.22. The average Bonchev–Trinajstić information content (AvgIpc) is 2.04. The molecule has 0 radical (unpaired) electrons. The van der Waals surface area contributed by atoms with E-state index < -0.39 is 5.60 Å². The summed E-state index contributed by atoms with van der Waals surface area (Å²) < 4.78 is 0. The summed E-state index contributed by atoms with van der Waals surface area (Å²) in [6, 6.07) is 7.96. The van der Waals surface area contributed by atoms with Gasteiger partial charge in [-0.3, -0.25) is 0 Å². The second-order valence-corrected chi connectivity index (χ2v) is 3.75. The predicted molar refractivity (Wildman–Crippen MR) is 55.6 cm³/mol. The van der Waals surface area contributed by atoms with Gasteiger partial charge < -0.3 is 5.11 Å². The van der Waals surface area contributed by atoms with Gasteiger partial charge in [0.2, 0.25) is 0 Å². The molecule has 0 saturated heterocycles. The van der Waals surface area contributed by atoms with Crippen molar-refractivity contribution in [1.29, 1.82) is 0 Å². The zero-order valence-corrected chi connectivity index (χ0v) is 8.25. The Morgan fingerprint density at radius 1 is 1.31 bits per heavy atom. The lowest BCUT2D eigenvalue weighted by atomic mass is 9.97. The van der Waals surface area contributed by atoms with Crippen LogP contribution in [0, 0.1) is 0 Å². The van der Waals surface area contributed by atoms with E-state index in [1.807, 2.05) is 30.3 Å². The first kappa shape index (κ1) is 10.0. The molecular weight excluding hydrogens is 160 g/mol. The maximum absolute atomic E-state index is 9.69. The first-order chi connectivity index (χ1) is 6.04. The van der Waals surface area contributed by atoms with Gasteiger partial charge in [0.15, 0.2) is 0 Å². The smallest absolute Gasteiger partial charge is 0.0840 e. The van der Waals surface area contributed by atoms with Gasteiger partial charge in [-0.1, -0.05) is 30.3 Å². The van der Waals surface area contributed by atoms with E-state index in [9.17, 15) is 5.11 Å². The highest BCUT2D eigenvalue weighted by Crippen LogP contribution is 2.19. The summed E-state index contributed by atoms with van der Waals surface area (Å²) in [5.41, 5.74) is 1.43. The van der Waals surface area contributed by atoms with E-state index in [0.717, 1.165) is 12.0 Å². The summed E-state index contributed by atoms with van der Waals surface area (Å²) in [5, 5.41) is 9.69. The molecule has 0 heterocycles. The monoisotopic (exact) mass is 176 g/mol. The number of aliphatic hydroxyl groups is 1. The lowest BCUT2D eigenvalue weighted by molar-refractivity contribution is 0.0786. The topological polar surface area (TPSA) is 20.2 Å². The highest BCUT2D eigenvalue weighted by molar-refractivity contribution is 5.27. The molecule has 0 bridgehead atoms. The molecule has 0 spiro atoms. The lowest BCUT2D eigenvalue weighted by Crippen LogP contribution is -2.15.